The number of thiophene rings is 1. The van der Waals surface area contributed by atoms with Crippen molar-refractivity contribution in [3.05, 3.63) is 58.8 Å². The Hall–Kier alpha value is -1.98. The van der Waals surface area contributed by atoms with E-state index in [1.54, 1.807) is 11.3 Å². The number of aromatic nitrogens is 3. The number of nitrogens with zero attached hydrogens (tertiary/aromatic N) is 2. The zero-order valence-corrected chi connectivity index (χ0v) is 11.2. The second-order valence-electron chi connectivity index (χ2n) is 4.20. The van der Waals surface area contributed by atoms with E-state index in [1.165, 1.54) is 22.3 Å². The van der Waals surface area contributed by atoms with E-state index >= 15 is 0 Å². The third kappa shape index (κ3) is 3.07. The van der Waals surface area contributed by atoms with Gasteiger partial charge in [0, 0.05) is 11.4 Å². The van der Waals surface area contributed by atoms with E-state index in [2.05, 4.69) is 56.2 Å². The van der Waals surface area contributed by atoms with Gasteiger partial charge in [-0.1, -0.05) is 30.3 Å². The van der Waals surface area contributed by atoms with Crippen LogP contribution in [0.2, 0.25) is 0 Å². The Balaban J connectivity index is 1.59. The Morgan fingerprint density at radius 2 is 2.00 bits per heavy atom. The first-order chi connectivity index (χ1) is 9.42. The first-order valence-corrected chi connectivity index (χ1v) is 6.97. The van der Waals surface area contributed by atoms with Gasteiger partial charge in [-0.2, -0.15) is 5.10 Å². The summed E-state index contributed by atoms with van der Waals surface area (Å²) in [5.41, 5.74) is 2.54. The molecule has 2 heterocycles. The van der Waals surface area contributed by atoms with Crippen molar-refractivity contribution in [3.8, 4) is 11.1 Å². The molecule has 0 aliphatic rings. The summed E-state index contributed by atoms with van der Waals surface area (Å²) in [4.78, 5) is 5.39. The minimum Gasteiger partial charge on any atom is -0.305 e. The molecule has 0 saturated heterocycles. The molecule has 3 rings (SSSR count). The van der Waals surface area contributed by atoms with Crippen LogP contribution in [0.25, 0.3) is 11.1 Å². The first-order valence-electron chi connectivity index (χ1n) is 6.09. The maximum atomic E-state index is 4.07. The highest BCUT2D eigenvalue weighted by Crippen LogP contribution is 2.25. The van der Waals surface area contributed by atoms with Crippen LogP contribution >= 0.6 is 11.3 Å². The monoisotopic (exact) mass is 270 g/mol. The molecule has 0 aliphatic carbocycles. The Morgan fingerprint density at radius 3 is 2.79 bits per heavy atom. The molecule has 0 unspecified atom stereocenters. The summed E-state index contributed by atoms with van der Waals surface area (Å²) in [5.74, 6) is 0.861. The van der Waals surface area contributed by atoms with E-state index in [9.17, 15) is 0 Å². The molecule has 0 saturated carbocycles. The molecule has 0 fully saturated rings. The summed E-state index contributed by atoms with van der Waals surface area (Å²) < 4.78 is 0. The van der Waals surface area contributed by atoms with Gasteiger partial charge >= 0.3 is 0 Å². The maximum absolute atomic E-state index is 4.07. The molecule has 0 aliphatic heterocycles. The van der Waals surface area contributed by atoms with Gasteiger partial charge in [-0.3, -0.25) is 5.10 Å². The summed E-state index contributed by atoms with van der Waals surface area (Å²) in [6.45, 7) is 1.55. The van der Waals surface area contributed by atoms with E-state index in [-0.39, 0.29) is 0 Å². The van der Waals surface area contributed by atoms with Crippen molar-refractivity contribution in [2.45, 2.75) is 13.1 Å². The molecule has 0 amide bonds. The van der Waals surface area contributed by atoms with Gasteiger partial charge in [0.2, 0.25) is 0 Å². The first kappa shape index (κ1) is 12.1. The van der Waals surface area contributed by atoms with Gasteiger partial charge in [0.05, 0.1) is 6.54 Å². The third-order valence-electron chi connectivity index (χ3n) is 2.82. The molecule has 0 bridgehead atoms. The number of aromatic amines is 1. The SMILES string of the molecule is c1ccc(-c2csc(CNCc3ncn[nH]3)c2)cc1. The van der Waals surface area contributed by atoms with E-state index < -0.39 is 0 Å². The predicted molar refractivity (Wildman–Crippen MR) is 76.7 cm³/mol. The highest BCUT2D eigenvalue weighted by molar-refractivity contribution is 7.10. The van der Waals surface area contributed by atoms with Gasteiger partial charge in [0.15, 0.2) is 0 Å². The topological polar surface area (TPSA) is 53.6 Å². The molecule has 1 aromatic carbocycles. The van der Waals surface area contributed by atoms with E-state index in [0.29, 0.717) is 6.54 Å². The summed E-state index contributed by atoms with van der Waals surface area (Å²) in [6, 6.07) is 12.7. The largest absolute Gasteiger partial charge is 0.305 e. The molecule has 3 aromatic rings. The zero-order valence-electron chi connectivity index (χ0n) is 10.3. The molecule has 96 valence electrons. The lowest BCUT2D eigenvalue weighted by atomic mass is 10.1. The summed E-state index contributed by atoms with van der Waals surface area (Å²) in [7, 11) is 0. The van der Waals surface area contributed by atoms with Crippen LogP contribution in [0.3, 0.4) is 0 Å². The van der Waals surface area contributed by atoms with Gasteiger partial charge in [0.25, 0.3) is 0 Å². The smallest absolute Gasteiger partial charge is 0.138 e. The number of hydrogen-bond donors (Lipinski definition) is 2. The van der Waals surface area contributed by atoms with Gasteiger partial charge in [0.1, 0.15) is 12.2 Å². The molecule has 0 radical (unpaired) electrons. The predicted octanol–water partition coefficient (Wildman–Crippen LogP) is 2.82. The Bertz CT molecular complexity index is 616. The summed E-state index contributed by atoms with van der Waals surface area (Å²) >= 11 is 1.77. The fourth-order valence-electron chi connectivity index (χ4n) is 1.88. The van der Waals surface area contributed by atoms with Crippen molar-refractivity contribution in [3.63, 3.8) is 0 Å². The van der Waals surface area contributed by atoms with Crippen molar-refractivity contribution < 1.29 is 0 Å². The maximum Gasteiger partial charge on any atom is 0.138 e. The number of benzene rings is 1. The van der Waals surface area contributed by atoms with Crippen molar-refractivity contribution in [1.29, 1.82) is 0 Å². The van der Waals surface area contributed by atoms with Crippen molar-refractivity contribution in [2.75, 3.05) is 0 Å². The molecular formula is C14H14N4S. The van der Waals surface area contributed by atoms with Crippen LogP contribution in [-0.4, -0.2) is 15.2 Å². The highest BCUT2D eigenvalue weighted by atomic mass is 32.1. The molecule has 2 N–H and O–H groups in total. The number of rotatable bonds is 5. The highest BCUT2D eigenvalue weighted by Gasteiger charge is 2.02. The van der Waals surface area contributed by atoms with E-state index in [0.717, 1.165) is 12.4 Å². The average Bonchev–Trinajstić information content (AvgIpc) is 3.11. The standard InChI is InChI=1S/C14H14N4S/c1-2-4-11(5-3-1)12-6-13(19-9-12)7-15-8-14-16-10-17-18-14/h1-6,9-10,15H,7-8H2,(H,16,17,18). The number of hydrogen-bond acceptors (Lipinski definition) is 4. The number of nitrogens with one attached hydrogen (secondary N) is 2. The Kier molecular flexibility index (Phi) is 3.67. The van der Waals surface area contributed by atoms with E-state index in [1.807, 2.05) is 6.07 Å². The van der Waals surface area contributed by atoms with Crippen molar-refractivity contribution in [1.82, 2.24) is 20.5 Å². The fraction of sp³-hybridized carbons (Fsp3) is 0.143. The molecular weight excluding hydrogens is 256 g/mol. The van der Waals surface area contributed by atoms with Crippen LogP contribution in [0, 0.1) is 0 Å². The summed E-state index contributed by atoms with van der Waals surface area (Å²) in [6.07, 6.45) is 1.52. The van der Waals surface area contributed by atoms with Crippen molar-refractivity contribution >= 4 is 11.3 Å². The van der Waals surface area contributed by atoms with Crippen LogP contribution in [-0.2, 0) is 13.1 Å². The third-order valence-corrected chi connectivity index (χ3v) is 3.75. The van der Waals surface area contributed by atoms with Crippen LogP contribution in [0.15, 0.2) is 48.1 Å². The van der Waals surface area contributed by atoms with Crippen LogP contribution < -0.4 is 5.32 Å². The van der Waals surface area contributed by atoms with Gasteiger partial charge in [-0.25, -0.2) is 4.98 Å². The minimum atomic E-state index is 0.707. The Labute approximate surface area is 115 Å². The van der Waals surface area contributed by atoms with Crippen LogP contribution in [0.1, 0.15) is 10.7 Å². The lowest BCUT2D eigenvalue weighted by molar-refractivity contribution is 0.671. The van der Waals surface area contributed by atoms with E-state index in [4.69, 9.17) is 0 Å². The fourth-order valence-corrected chi connectivity index (χ4v) is 2.74. The minimum absolute atomic E-state index is 0.707. The second kappa shape index (κ2) is 5.77. The average molecular weight is 270 g/mol. The molecule has 19 heavy (non-hydrogen) atoms. The number of H-pyrrole nitrogens is 1. The van der Waals surface area contributed by atoms with Gasteiger partial charge < -0.3 is 5.32 Å². The lowest BCUT2D eigenvalue weighted by Gasteiger charge is -1.99. The molecule has 2 aromatic heterocycles. The van der Waals surface area contributed by atoms with Gasteiger partial charge in [-0.05, 0) is 22.6 Å². The van der Waals surface area contributed by atoms with Crippen LogP contribution in [0.5, 0.6) is 0 Å². The molecule has 0 spiro atoms. The normalized spacial score (nSPS) is 10.7. The summed E-state index contributed by atoms with van der Waals surface area (Å²) in [5, 5.41) is 12.2. The quantitative estimate of drug-likeness (QED) is 0.749. The van der Waals surface area contributed by atoms with Crippen molar-refractivity contribution in [2.24, 2.45) is 0 Å². The Morgan fingerprint density at radius 1 is 1.11 bits per heavy atom. The lowest BCUT2D eigenvalue weighted by Crippen LogP contribution is -2.12. The van der Waals surface area contributed by atoms with Gasteiger partial charge in [-0.15, -0.1) is 11.3 Å². The zero-order chi connectivity index (χ0) is 12.9. The molecule has 0 atom stereocenters. The second-order valence-corrected chi connectivity index (χ2v) is 5.20. The molecule has 5 heteroatoms. The molecule has 4 nitrogen and oxygen atoms in total. The van der Waals surface area contributed by atoms with Crippen LogP contribution in [0.4, 0.5) is 0 Å².